The molecule has 0 amide bonds. The van der Waals surface area contributed by atoms with Gasteiger partial charge in [-0.3, -0.25) is 4.98 Å². The Balaban J connectivity index is 2.08. The first-order valence-electron chi connectivity index (χ1n) is 6.52. The van der Waals surface area contributed by atoms with E-state index in [1.165, 1.54) is 12.1 Å². The summed E-state index contributed by atoms with van der Waals surface area (Å²) in [7, 11) is 0. The molecule has 0 aliphatic carbocycles. The molecule has 0 radical (unpaired) electrons. The number of aromatic nitrogens is 1. The fourth-order valence-corrected chi connectivity index (χ4v) is 1.99. The lowest BCUT2D eigenvalue weighted by atomic mass is 10.1. The number of nitrogens with two attached hydrogens (primary N) is 1. The molecular weight excluding hydrogens is 271 g/mol. The molecule has 0 aliphatic heterocycles. The molecule has 1 unspecified atom stereocenters. The molecule has 6 heteroatoms. The van der Waals surface area contributed by atoms with E-state index in [0.717, 1.165) is 11.1 Å². The van der Waals surface area contributed by atoms with Crippen molar-refractivity contribution >= 4 is 5.84 Å². The summed E-state index contributed by atoms with van der Waals surface area (Å²) in [6, 6.07) is 10.0. The minimum absolute atomic E-state index is 0.0261. The highest BCUT2D eigenvalue weighted by Crippen LogP contribution is 2.14. The first kappa shape index (κ1) is 14.9. The molecule has 5 nitrogen and oxygen atoms in total. The summed E-state index contributed by atoms with van der Waals surface area (Å²) < 4.78 is 12.9. The maximum Gasteiger partial charge on any atom is 0.189 e. The number of halogens is 1. The Kier molecular flexibility index (Phi) is 4.84. The molecule has 0 saturated heterocycles. The summed E-state index contributed by atoms with van der Waals surface area (Å²) in [6.07, 6.45) is 1.58. The molecule has 1 aromatic carbocycles. The molecule has 1 atom stereocenters. The molecule has 1 aromatic heterocycles. The van der Waals surface area contributed by atoms with Crippen LogP contribution in [0.25, 0.3) is 0 Å². The molecule has 0 spiro atoms. The first-order chi connectivity index (χ1) is 10.1. The van der Waals surface area contributed by atoms with E-state index in [-0.39, 0.29) is 17.7 Å². The standard InChI is InChI=1S/C15H17FN4O/c1-10(11-4-6-13(16)7-5-11)19-9-12-3-2-8-18-14(12)15(17)20-21/h2-8,10,19,21H,9H2,1H3,(H2,17,20). The van der Waals surface area contributed by atoms with Gasteiger partial charge < -0.3 is 16.3 Å². The zero-order valence-electron chi connectivity index (χ0n) is 11.6. The van der Waals surface area contributed by atoms with Gasteiger partial charge in [0.25, 0.3) is 0 Å². The van der Waals surface area contributed by atoms with E-state index in [9.17, 15) is 4.39 Å². The number of nitrogens with zero attached hydrogens (tertiary/aromatic N) is 2. The van der Waals surface area contributed by atoms with E-state index in [1.807, 2.05) is 13.0 Å². The largest absolute Gasteiger partial charge is 0.409 e. The second kappa shape index (κ2) is 6.81. The average molecular weight is 288 g/mol. The zero-order valence-corrected chi connectivity index (χ0v) is 11.6. The lowest BCUT2D eigenvalue weighted by molar-refractivity contribution is 0.318. The highest BCUT2D eigenvalue weighted by atomic mass is 19.1. The van der Waals surface area contributed by atoms with Crippen LogP contribution in [0.4, 0.5) is 4.39 Å². The smallest absolute Gasteiger partial charge is 0.189 e. The van der Waals surface area contributed by atoms with Crippen molar-refractivity contribution in [1.82, 2.24) is 10.3 Å². The van der Waals surface area contributed by atoms with Gasteiger partial charge in [-0.2, -0.15) is 0 Å². The molecule has 0 bridgehead atoms. The summed E-state index contributed by atoms with van der Waals surface area (Å²) in [5.74, 6) is -0.283. The van der Waals surface area contributed by atoms with E-state index in [4.69, 9.17) is 10.9 Å². The molecule has 0 fully saturated rings. The summed E-state index contributed by atoms with van der Waals surface area (Å²) in [5, 5.41) is 15.0. The summed E-state index contributed by atoms with van der Waals surface area (Å²) >= 11 is 0. The van der Waals surface area contributed by atoms with Crippen molar-refractivity contribution in [3.8, 4) is 0 Å². The molecule has 1 heterocycles. The number of amidine groups is 1. The van der Waals surface area contributed by atoms with E-state index >= 15 is 0 Å². The van der Waals surface area contributed by atoms with Crippen molar-refractivity contribution in [2.45, 2.75) is 19.5 Å². The van der Waals surface area contributed by atoms with Crippen LogP contribution in [0.15, 0.2) is 47.8 Å². The Morgan fingerprint density at radius 2 is 2.10 bits per heavy atom. The van der Waals surface area contributed by atoms with Gasteiger partial charge in [0.15, 0.2) is 5.84 Å². The number of nitrogens with one attached hydrogen (secondary N) is 1. The maximum atomic E-state index is 12.9. The van der Waals surface area contributed by atoms with Crippen LogP contribution in [0.2, 0.25) is 0 Å². The van der Waals surface area contributed by atoms with E-state index in [0.29, 0.717) is 12.2 Å². The SMILES string of the molecule is CC(NCc1cccnc1C(N)=NO)c1ccc(F)cc1. The lowest BCUT2D eigenvalue weighted by Gasteiger charge is -2.15. The van der Waals surface area contributed by atoms with Crippen molar-refractivity contribution in [3.05, 3.63) is 65.2 Å². The molecule has 2 rings (SSSR count). The topological polar surface area (TPSA) is 83.5 Å². The van der Waals surface area contributed by atoms with Crippen molar-refractivity contribution in [2.24, 2.45) is 10.9 Å². The third kappa shape index (κ3) is 3.76. The quantitative estimate of drug-likeness (QED) is 0.341. The third-order valence-corrected chi connectivity index (χ3v) is 3.21. The lowest BCUT2D eigenvalue weighted by Crippen LogP contribution is -2.23. The van der Waals surface area contributed by atoms with E-state index in [2.05, 4.69) is 15.5 Å². The van der Waals surface area contributed by atoms with Crippen molar-refractivity contribution in [1.29, 1.82) is 0 Å². The zero-order chi connectivity index (χ0) is 15.2. The summed E-state index contributed by atoms with van der Waals surface area (Å²) in [6.45, 7) is 2.48. The molecule has 4 N–H and O–H groups in total. The third-order valence-electron chi connectivity index (χ3n) is 3.21. The minimum Gasteiger partial charge on any atom is -0.409 e. The van der Waals surface area contributed by atoms with Gasteiger partial charge in [0.2, 0.25) is 0 Å². The van der Waals surface area contributed by atoms with Crippen LogP contribution in [0.5, 0.6) is 0 Å². The Hall–Kier alpha value is -2.47. The minimum atomic E-state index is -0.257. The molecule has 0 saturated carbocycles. The first-order valence-corrected chi connectivity index (χ1v) is 6.52. The van der Waals surface area contributed by atoms with Crippen molar-refractivity contribution in [2.75, 3.05) is 0 Å². The normalized spacial score (nSPS) is 13.1. The Labute approximate surface area is 122 Å². The molecular formula is C15H17FN4O. The second-order valence-corrected chi connectivity index (χ2v) is 4.65. The number of oxime groups is 1. The number of benzene rings is 1. The molecule has 0 aliphatic rings. The molecule has 2 aromatic rings. The fraction of sp³-hybridized carbons (Fsp3) is 0.200. The summed E-state index contributed by atoms with van der Waals surface area (Å²) in [4.78, 5) is 4.11. The number of hydrogen-bond donors (Lipinski definition) is 3. The van der Waals surface area contributed by atoms with Crippen LogP contribution < -0.4 is 11.1 Å². The molecule has 21 heavy (non-hydrogen) atoms. The predicted molar refractivity (Wildman–Crippen MR) is 78.4 cm³/mol. The number of pyridine rings is 1. The van der Waals surface area contributed by atoms with Gasteiger partial charge in [0.1, 0.15) is 11.5 Å². The van der Waals surface area contributed by atoms with Crippen LogP contribution >= 0.6 is 0 Å². The highest BCUT2D eigenvalue weighted by Gasteiger charge is 2.10. The van der Waals surface area contributed by atoms with Gasteiger partial charge in [-0.1, -0.05) is 23.4 Å². The average Bonchev–Trinajstić information content (AvgIpc) is 2.52. The number of hydrogen-bond acceptors (Lipinski definition) is 4. The van der Waals surface area contributed by atoms with Crippen LogP contribution in [0.1, 0.15) is 29.8 Å². The van der Waals surface area contributed by atoms with Gasteiger partial charge >= 0.3 is 0 Å². The Morgan fingerprint density at radius 3 is 2.76 bits per heavy atom. The van der Waals surface area contributed by atoms with Gasteiger partial charge in [-0.25, -0.2) is 4.39 Å². The van der Waals surface area contributed by atoms with Crippen molar-refractivity contribution < 1.29 is 9.60 Å². The highest BCUT2D eigenvalue weighted by molar-refractivity contribution is 5.96. The van der Waals surface area contributed by atoms with Gasteiger partial charge in [0.05, 0.1) is 0 Å². The van der Waals surface area contributed by atoms with Crippen molar-refractivity contribution in [3.63, 3.8) is 0 Å². The predicted octanol–water partition coefficient (Wildman–Crippen LogP) is 2.17. The number of rotatable bonds is 5. The second-order valence-electron chi connectivity index (χ2n) is 4.65. The monoisotopic (exact) mass is 288 g/mol. The van der Waals surface area contributed by atoms with Crippen LogP contribution in [0.3, 0.4) is 0 Å². The van der Waals surface area contributed by atoms with Crippen LogP contribution in [-0.2, 0) is 6.54 Å². The summed E-state index contributed by atoms with van der Waals surface area (Å²) in [5.41, 5.74) is 7.84. The maximum absolute atomic E-state index is 12.9. The van der Waals surface area contributed by atoms with E-state index < -0.39 is 0 Å². The van der Waals surface area contributed by atoms with Gasteiger partial charge in [-0.05, 0) is 36.2 Å². The Bertz CT molecular complexity index is 628. The molecule has 110 valence electrons. The van der Waals surface area contributed by atoms with Gasteiger partial charge in [-0.15, -0.1) is 0 Å². The van der Waals surface area contributed by atoms with Gasteiger partial charge in [0, 0.05) is 18.8 Å². The fourth-order valence-electron chi connectivity index (χ4n) is 1.99. The van der Waals surface area contributed by atoms with Crippen LogP contribution in [-0.4, -0.2) is 16.0 Å². The Morgan fingerprint density at radius 1 is 1.38 bits per heavy atom. The van der Waals surface area contributed by atoms with Crippen LogP contribution in [0, 0.1) is 5.82 Å². The van der Waals surface area contributed by atoms with E-state index in [1.54, 1.807) is 24.4 Å².